The molecule has 1 aromatic heterocycles. The number of nitrogens with one attached hydrogen (secondary N) is 1. The number of amides is 1. The summed E-state index contributed by atoms with van der Waals surface area (Å²) >= 11 is 1.53. The van der Waals surface area contributed by atoms with Gasteiger partial charge in [-0.2, -0.15) is 0 Å². The first-order valence-electron chi connectivity index (χ1n) is 7.59. The molecule has 2 rings (SSSR count). The fourth-order valence-corrected chi connectivity index (χ4v) is 3.10. The van der Waals surface area contributed by atoms with Gasteiger partial charge in [0.1, 0.15) is 5.75 Å². The van der Waals surface area contributed by atoms with Crippen LogP contribution in [0.3, 0.4) is 0 Å². The number of hydrogen-bond donors (Lipinski definition) is 1. The normalized spacial score (nSPS) is 11.7. The number of thiophene rings is 1. The quantitative estimate of drug-likeness (QED) is 0.815. The number of hydrogen-bond acceptors (Lipinski definition) is 5. The lowest BCUT2D eigenvalue weighted by atomic mass is 10.2. The van der Waals surface area contributed by atoms with Gasteiger partial charge in [0, 0.05) is 16.3 Å². The largest absolute Gasteiger partial charge is 0.497 e. The zero-order chi connectivity index (χ0) is 17.7. The summed E-state index contributed by atoms with van der Waals surface area (Å²) in [6.45, 7) is 5.72. The molecular weight excluding hydrogens is 326 g/mol. The van der Waals surface area contributed by atoms with Crippen LogP contribution in [0.15, 0.2) is 30.3 Å². The molecule has 1 atom stereocenters. The Bertz CT molecular complexity index is 721. The van der Waals surface area contributed by atoms with Crippen molar-refractivity contribution >= 4 is 23.2 Å². The SMILES string of the molecule is COc1ccc(CNC(=O)[C@H](C)OC(=O)c2cc(C)sc2C)cc1. The van der Waals surface area contributed by atoms with E-state index in [9.17, 15) is 9.59 Å². The molecule has 0 fully saturated rings. The van der Waals surface area contributed by atoms with Crippen molar-refractivity contribution in [2.45, 2.75) is 33.4 Å². The molecule has 128 valence electrons. The molecule has 1 aromatic carbocycles. The van der Waals surface area contributed by atoms with Gasteiger partial charge in [-0.1, -0.05) is 12.1 Å². The summed E-state index contributed by atoms with van der Waals surface area (Å²) in [6.07, 6.45) is -0.852. The highest BCUT2D eigenvalue weighted by molar-refractivity contribution is 7.12. The van der Waals surface area contributed by atoms with Crippen LogP contribution < -0.4 is 10.1 Å². The van der Waals surface area contributed by atoms with Crippen molar-refractivity contribution in [2.24, 2.45) is 0 Å². The van der Waals surface area contributed by atoms with Crippen molar-refractivity contribution in [3.05, 3.63) is 51.2 Å². The van der Waals surface area contributed by atoms with Gasteiger partial charge >= 0.3 is 5.97 Å². The maximum absolute atomic E-state index is 12.1. The van der Waals surface area contributed by atoms with E-state index in [0.717, 1.165) is 21.1 Å². The lowest BCUT2D eigenvalue weighted by Crippen LogP contribution is -2.35. The second kappa shape index (κ2) is 7.97. The van der Waals surface area contributed by atoms with E-state index in [1.165, 1.54) is 11.3 Å². The van der Waals surface area contributed by atoms with Crippen LogP contribution in [0.2, 0.25) is 0 Å². The molecule has 1 N–H and O–H groups in total. The van der Waals surface area contributed by atoms with Crippen LogP contribution in [0.1, 0.15) is 32.6 Å². The van der Waals surface area contributed by atoms with Crippen LogP contribution in [0.5, 0.6) is 5.75 Å². The molecule has 0 spiro atoms. The number of carbonyl (C=O) groups excluding carboxylic acids is 2. The average Bonchev–Trinajstić information content (AvgIpc) is 2.91. The van der Waals surface area contributed by atoms with Crippen LogP contribution in [0, 0.1) is 13.8 Å². The smallest absolute Gasteiger partial charge is 0.340 e. The number of carbonyl (C=O) groups is 2. The van der Waals surface area contributed by atoms with Gasteiger partial charge in [-0.15, -0.1) is 11.3 Å². The second-order valence-electron chi connectivity index (χ2n) is 5.44. The maximum Gasteiger partial charge on any atom is 0.340 e. The van der Waals surface area contributed by atoms with Crippen molar-refractivity contribution in [1.29, 1.82) is 0 Å². The van der Waals surface area contributed by atoms with E-state index in [4.69, 9.17) is 9.47 Å². The Balaban J connectivity index is 1.87. The summed E-state index contributed by atoms with van der Waals surface area (Å²) in [5, 5.41) is 2.76. The maximum atomic E-state index is 12.1. The summed E-state index contributed by atoms with van der Waals surface area (Å²) in [5.74, 6) is -0.0403. The molecular formula is C18H21NO4S. The molecule has 0 bridgehead atoms. The van der Waals surface area contributed by atoms with Crippen molar-refractivity contribution in [2.75, 3.05) is 7.11 Å². The number of methoxy groups -OCH3 is 1. The van der Waals surface area contributed by atoms with Crippen LogP contribution in [0.25, 0.3) is 0 Å². The Morgan fingerprint density at radius 3 is 2.42 bits per heavy atom. The van der Waals surface area contributed by atoms with Crippen molar-refractivity contribution < 1.29 is 19.1 Å². The zero-order valence-electron chi connectivity index (χ0n) is 14.2. The average molecular weight is 347 g/mol. The second-order valence-corrected chi connectivity index (χ2v) is 6.90. The molecule has 0 unspecified atom stereocenters. The van der Waals surface area contributed by atoms with E-state index in [2.05, 4.69) is 5.32 Å². The third kappa shape index (κ3) is 4.58. The molecule has 0 saturated heterocycles. The Morgan fingerprint density at radius 2 is 1.88 bits per heavy atom. The minimum atomic E-state index is -0.852. The zero-order valence-corrected chi connectivity index (χ0v) is 15.0. The Labute approximate surface area is 145 Å². The van der Waals surface area contributed by atoms with Gasteiger partial charge in [-0.25, -0.2) is 4.79 Å². The van der Waals surface area contributed by atoms with E-state index in [0.29, 0.717) is 12.1 Å². The number of esters is 1. The van der Waals surface area contributed by atoms with Crippen molar-refractivity contribution in [1.82, 2.24) is 5.32 Å². The summed E-state index contributed by atoms with van der Waals surface area (Å²) < 4.78 is 10.3. The topological polar surface area (TPSA) is 64.6 Å². The van der Waals surface area contributed by atoms with Crippen molar-refractivity contribution in [3.63, 3.8) is 0 Å². The number of ether oxygens (including phenoxy) is 2. The molecule has 6 heteroatoms. The number of rotatable bonds is 6. The predicted molar refractivity (Wildman–Crippen MR) is 93.5 cm³/mol. The summed E-state index contributed by atoms with van der Waals surface area (Å²) in [4.78, 5) is 26.1. The van der Waals surface area contributed by atoms with Crippen molar-refractivity contribution in [3.8, 4) is 5.75 Å². The third-order valence-electron chi connectivity index (χ3n) is 3.54. The Kier molecular flexibility index (Phi) is 5.98. The van der Waals surface area contributed by atoms with Gasteiger partial charge in [0.15, 0.2) is 6.10 Å². The first kappa shape index (κ1) is 18.0. The molecule has 0 aliphatic rings. The number of benzene rings is 1. The lowest BCUT2D eigenvalue weighted by molar-refractivity contribution is -0.129. The van der Waals surface area contributed by atoms with E-state index in [1.54, 1.807) is 20.1 Å². The van der Waals surface area contributed by atoms with Crippen LogP contribution >= 0.6 is 11.3 Å². The van der Waals surface area contributed by atoms with Crippen LogP contribution in [0.4, 0.5) is 0 Å². The molecule has 0 radical (unpaired) electrons. The fraction of sp³-hybridized carbons (Fsp3) is 0.333. The predicted octanol–water partition coefficient (Wildman–Crippen LogP) is 3.24. The van der Waals surface area contributed by atoms with Gasteiger partial charge in [0.05, 0.1) is 12.7 Å². The standard InChI is InChI=1S/C18H21NO4S/c1-11-9-16(13(3)24-11)18(21)23-12(2)17(20)19-10-14-5-7-15(22-4)8-6-14/h5-9,12H,10H2,1-4H3,(H,19,20)/t12-/m0/s1. The molecule has 0 aliphatic carbocycles. The molecule has 2 aromatic rings. The molecule has 5 nitrogen and oxygen atoms in total. The van der Waals surface area contributed by atoms with Crippen LogP contribution in [-0.2, 0) is 16.1 Å². The van der Waals surface area contributed by atoms with Gasteiger partial charge < -0.3 is 14.8 Å². The number of aryl methyl sites for hydroxylation is 2. The lowest BCUT2D eigenvalue weighted by Gasteiger charge is -2.13. The first-order valence-corrected chi connectivity index (χ1v) is 8.41. The van der Waals surface area contributed by atoms with E-state index < -0.39 is 12.1 Å². The fourth-order valence-electron chi connectivity index (χ4n) is 2.19. The van der Waals surface area contributed by atoms with E-state index in [1.807, 2.05) is 38.1 Å². The first-order chi connectivity index (χ1) is 11.4. The highest BCUT2D eigenvalue weighted by Gasteiger charge is 2.20. The van der Waals surface area contributed by atoms with Crippen LogP contribution in [-0.4, -0.2) is 25.1 Å². The minimum absolute atomic E-state index is 0.330. The van der Waals surface area contributed by atoms with Gasteiger partial charge in [0.25, 0.3) is 5.91 Å². The van der Waals surface area contributed by atoms with E-state index >= 15 is 0 Å². The highest BCUT2D eigenvalue weighted by Crippen LogP contribution is 2.21. The Hall–Kier alpha value is -2.34. The Morgan fingerprint density at radius 1 is 1.21 bits per heavy atom. The highest BCUT2D eigenvalue weighted by atomic mass is 32.1. The summed E-state index contributed by atoms with van der Waals surface area (Å²) in [6, 6.07) is 9.17. The molecule has 1 amide bonds. The molecule has 0 saturated carbocycles. The van der Waals surface area contributed by atoms with Gasteiger partial charge in [-0.3, -0.25) is 4.79 Å². The third-order valence-corrected chi connectivity index (χ3v) is 4.51. The van der Waals surface area contributed by atoms with E-state index in [-0.39, 0.29) is 5.91 Å². The van der Waals surface area contributed by atoms with Gasteiger partial charge in [0.2, 0.25) is 0 Å². The molecule has 0 aliphatic heterocycles. The molecule has 24 heavy (non-hydrogen) atoms. The minimum Gasteiger partial charge on any atom is -0.497 e. The molecule has 1 heterocycles. The van der Waals surface area contributed by atoms with Gasteiger partial charge in [-0.05, 0) is 44.5 Å². The summed E-state index contributed by atoms with van der Waals surface area (Å²) in [7, 11) is 1.60. The summed E-state index contributed by atoms with van der Waals surface area (Å²) in [5.41, 5.74) is 1.46. The monoisotopic (exact) mass is 347 g/mol.